The Morgan fingerprint density at radius 1 is 0.871 bits per heavy atom. The Balaban J connectivity index is 1.70. The van der Waals surface area contributed by atoms with E-state index in [2.05, 4.69) is 30.3 Å². The molecular weight excluding hydrogens is 384 g/mol. The molecule has 31 heavy (non-hydrogen) atoms. The van der Waals surface area contributed by atoms with Crippen LogP contribution in [0.3, 0.4) is 0 Å². The van der Waals surface area contributed by atoms with Crippen LogP contribution in [0.2, 0.25) is 0 Å². The number of rotatable bonds is 8. The van der Waals surface area contributed by atoms with E-state index in [0.717, 1.165) is 39.1 Å². The Morgan fingerprint density at radius 3 is 2.23 bits per heavy atom. The number of aliphatic hydroxyl groups excluding tert-OH is 1. The maximum atomic E-state index is 12.3. The molecule has 0 aliphatic carbocycles. The fourth-order valence-electron chi connectivity index (χ4n) is 3.67. The van der Waals surface area contributed by atoms with Gasteiger partial charge in [0.2, 0.25) is 0 Å². The first-order valence-electron chi connectivity index (χ1n) is 10.8. The summed E-state index contributed by atoms with van der Waals surface area (Å²) in [5.74, 6) is 0.0940. The zero-order valence-corrected chi connectivity index (χ0v) is 17.7. The Kier molecular flexibility index (Phi) is 6.48. The maximum Gasteiger partial charge on any atom is 0.138 e. The van der Waals surface area contributed by atoms with Crippen molar-refractivity contribution in [3.63, 3.8) is 0 Å². The molecule has 2 heterocycles. The fourth-order valence-corrected chi connectivity index (χ4v) is 3.67. The van der Waals surface area contributed by atoms with E-state index in [0.29, 0.717) is 19.3 Å². The molecule has 156 valence electrons. The smallest absolute Gasteiger partial charge is 0.138 e. The summed E-state index contributed by atoms with van der Waals surface area (Å²) in [5, 5.41) is 9.70. The van der Waals surface area contributed by atoms with Crippen molar-refractivity contribution >= 4 is 16.8 Å². The van der Waals surface area contributed by atoms with Gasteiger partial charge in [-0.25, -0.2) is 4.98 Å². The zero-order valence-electron chi connectivity index (χ0n) is 17.7. The molecule has 4 aromatic rings. The molecule has 2 aromatic carbocycles. The minimum absolute atomic E-state index is 0.0940. The van der Waals surface area contributed by atoms with Crippen LogP contribution >= 0.6 is 0 Å². The first kappa shape index (κ1) is 20.9. The summed E-state index contributed by atoms with van der Waals surface area (Å²) in [4.78, 5) is 22.0. The number of hydrogen-bond donors (Lipinski definition) is 1. The zero-order chi connectivity index (χ0) is 21.6. The monoisotopic (exact) mass is 410 g/mol. The SMILES string of the molecule is CCC(O)CCC(=O)Cc1ccc2nc(-c3ccccc3)c(-c3ccccc3)cc2n1. The Hall–Kier alpha value is -3.37. The van der Waals surface area contributed by atoms with E-state index in [1.165, 1.54) is 0 Å². The molecule has 1 unspecified atom stereocenters. The van der Waals surface area contributed by atoms with Crippen LogP contribution < -0.4 is 0 Å². The number of fused-ring (bicyclic) bond motifs is 1. The van der Waals surface area contributed by atoms with Crippen molar-refractivity contribution < 1.29 is 9.90 Å². The Labute approximate surface area is 182 Å². The van der Waals surface area contributed by atoms with Crippen molar-refractivity contribution in [3.8, 4) is 22.4 Å². The van der Waals surface area contributed by atoms with Crippen LogP contribution in [-0.4, -0.2) is 27.0 Å². The topological polar surface area (TPSA) is 63.1 Å². The molecule has 1 N–H and O–H groups in total. The number of carbonyl (C=O) groups excluding carboxylic acids is 1. The van der Waals surface area contributed by atoms with Crippen molar-refractivity contribution in [2.75, 3.05) is 0 Å². The van der Waals surface area contributed by atoms with Gasteiger partial charge in [0.25, 0.3) is 0 Å². The molecule has 0 amide bonds. The lowest BCUT2D eigenvalue weighted by Crippen LogP contribution is -2.10. The average Bonchev–Trinajstić information content (AvgIpc) is 2.82. The lowest BCUT2D eigenvalue weighted by molar-refractivity contribution is -0.119. The first-order chi connectivity index (χ1) is 15.1. The highest BCUT2D eigenvalue weighted by atomic mass is 16.3. The van der Waals surface area contributed by atoms with Crippen molar-refractivity contribution in [1.29, 1.82) is 0 Å². The summed E-state index contributed by atoms with van der Waals surface area (Å²) in [6.45, 7) is 1.92. The van der Waals surface area contributed by atoms with E-state index < -0.39 is 6.10 Å². The largest absolute Gasteiger partial charge is 0.393 e. The summed E-state index contributed by atoms with van der Waals surface area (Å²) < 4.78 is 0. The number of pyridine rings is 2. The molecule has 0 aliphatic heterocycles. The van der Waals surface area contributed by atoms with Gasteiger partial charge < -0.3 is 5.11 Å². The maximum absolute atomic E-state index is 12.3. The highest BCUT2D eigenvalue weighted by Crippen LogP contribution is 2.32. The molecule has 4 rings (SSSR count). The quantitative estimate of drug-likeness (QED) is 0.409. The van der Waals surface area contributed by atoms with E-state index in [1.807, 2.05) is 55.5 Å². The number of aromatic nitrogens is 2. The number of Topliss-reactive ketones (excluding diaryl/α,β-unsaturated/α-hetero) is 1. The van der Waals surface area contributed by atoms with Crippen LogP contribution in [0.4, 0.5) is 0 Å². The molecule has 0 saturated carbocycles. The minimum Gasteiger partial charge on any atom is -0.393 e. The van der Waals surface area contributed by atoms with Crippen LogP contribution in [0, 0.1) is 0 Å². The third-order valence-corrected chi connectivity index (χ3v) is 5.47. The van der Waals surface area contributed by atoms with Gasteiger partial charge in [-0.2, -0.15) is 0 Å². The molecule has 0 fully saturated rings. The molecule has 0 saturated heterocycles. The van der Waals surface area contributed by atoms with Gasteiger partial charge in [-0.05, 0) is 36.6 Å². The van der Waals surface area contributed by atoms with Gasteiger partial charge in [-0.15, -0.1) is 0 Å². The van der Waals surface area contributed by atoms with Crippen molar-refractivity contribution in [3.05, 3.63) is 84.6 Å². The van der Waals surface area contributed by atoms with E-state index in [9.17, 15) is 9.90 Å². The normalized spacial score (nSPS) is 12.1. The van der Waals surface area contributed by atoms with Gasteiger partial charge >= 0.3 is 0 Å². The number of benzene rings is 2. The van der Waals surface area contributed by atoms with E-state index in [1.54, 1.807) is 0 Å². The highest BCUT2D eigenvalue weighted by molar-refractivity contribution is 5.90. The van der Waals surface area contributed by atoms with Crippen LogP contribution in [0.25, 0.3) is 33.4 Å². The van der Waals surface area contributed by atoms with Gasteiger partial charge in [-0.3, -0.25) is 9.78 Å². The number of nitrogens with zero attached hydrogens (tertiary/aromatic N) is 2. The lowest BCUT2D eigenvalue weighted by atomic mass is 9.98. The van der Waals surface area contributed by atoms with Crippen molar-refractivity contribution in [2.24, 2.45) is 0 Å². The lowest BCUT2D eigenvalue weighted by Gasteiger charge is -2.12. The highest BCUT2D eigenvalue weighted by Gasteiger charge is 2.14. The predicted octanol–water partition coefficient (Wildman–Crippen LogP) is 5.63. The van der Waals surface area contributed by atoms with E-state index in [-0.39, 0.29) is 12.2 Å². The van der Waals surface area contributed by atoms with E-state index >= 15 is 0 Å². The standard InChI is InChI=1S/C27H26N2O2/c1-2-22(30)14-15-23(31)17-21-13-16-25-26(28-21)18-24(19-9-5-3-6-10-19)27(29-25)20-11-7-4-8-12-20/h3-13,16,18,22,30H,2,14-15,17H2,1H3. The molecule has 0 radical (unpaired) electrons. The number of carbonyl (C=O) groups is 1. The number of hydrogen-bond acceptors (Lipinski definition) is 4. The van der Waals surface area contributed by atoms with Crippen molar-refractivity contribution in [1.82, 2.24) is 9.97 Å². The fraction of sp³-hybridized carbons (Fsp3) is 0.222. The van der Waals surface area contributed by atoms with Gasteiger partial charge in [0.1, 0.15) is 5.78 Å². The van der Waals surface area contributed by atoms with Crippen LogP contribution in [0.5, 0.6) is 0 Å². The molecule has 2 aromatic heterocycles. The summed E-state index contributed by atoms with van der Waals surface area (Å²) in [6, 6.07) is 26.2. The number of ketones is 1. The molecule has 0 aliphatic rings. The predicted molar refractivity (Wildman–Crippen MR) is 125 cm³/mol. The molecule has 4 heteroatoms. The van der Waals surface area contributed by atoms with E-state index in [4.69, 9.17) is 9.97 Å². The summed E-state index contributed by atoms with van der Waals surface area (Å²) >= 11 is 0. The molecule has 0 bridgehead atoms. The second kappa shape index (κ2) is 9.63. The molecule has 1 atom stereocenters. The Bertz CT molecular complexity index is 1170. The van der Waals surface area contributed by atoms with Crippen LogP contribution in [0.1, 0.15) is 31.9 Å². The van der Waals surface area contributed by atoms with Crippen LogP contribution in [-0.2, 0) is 11.2 Å². The Morgan fingerprint density at radius 2 is 1.55 bits per heavy atom. The van der Waals surface area contributed by atoms with Crippen LogP contribution in [0.15, 0.2) is 78.9 Å². The summed E-state index contributed by atoms with van der Waals surface area (Å²) in [6.07, 6.45) is 1.40. The van der Waals surface area contributed by atoms with Gasteiger partial charge in [0.05, 0.1) is 22.8 Å². The molecule has 4 nitrogen and oxygen atoms in total. The summed E-state index contributed by atoms with van der Waals surface area (Å²) in [7, 11) is 0. The van der Waals surface area contributed by atoms with Crippen molar-refractivity contribution in [2.45, 2.75) is 38.7 Å². The molecular formula is C27H26N2O2. The minimum atomic E-state index is -0.414. The number of aliphatic hydroxyl groups is 1. The third-order valence-electron chi connectivity index (χ3n) is 5.47. The summed E-state index contributed by atoms with van der Waals surface area (Å²) in [5.41, 5.74) is 6.37. The third kappa shape index (κ3) is 5.04. The molecule has 0 spiro atoms. The van der Waals surface area contributed by atoms with Gasteiger partial charge in [0, 0.05) is 29.7 Å². The van der Waals surface area contributed by atoms with Gasteiger partial charge in [-0.1, -0.05) is 67.6 Å². The van der Waals surface area contributed by atoms with Gasteiger partial charge in [0.15, 0.2) is 0 Å². The second-order valence-electron chi connectivity index (χ2n) is 7.77. The average molecular weight is 411 g/mol. The second-order valence-corrected chi connectivity index (χ2v) is 7.77. The first-order valence-corrected chi connectivity index (χ1v) is 10.8.